The molecule has 8 nitrogen and oxygen atoms in total. The molecule has 1 aromatic heterocycles. The summed E-state index contributed by atoms with van der Waals surface area (Å²) in [7, 11) is 1.47. The molecule has 0 fully saturated rings. The molecule has 134 valence electrons. The van der Waals surface area contributed by atoms with E-state index < -0.39 is 11.8 Å². The number of carbonyl (C=O) groups excluding carboxylic acids is 2. The molecule has 0 bridgehead atoms. The SMILES string of the molecule is COc1cc(/C=C/C(=O)NNC(=O)c2ccoc2C)ccc1OCC#N. The van der Waals surface area contributed by atoms with Gasteiger partial charge in [0.2, 0.25) is 0 Å². The van der Waals surface area contributed by atoms with E-state index in [2.05, 4.69) is 10.9 Å². The first-order chi connectivity index (χ1) is 12.5. The third-order valence-electron chi connectivity index (χ3n) is 3.31. The number of nitriles is 1. The average molecular weight is 355 g/mol. The normalized spacial score (nSPS) is 10.2. The van der Waals surface area contributed by atoms with Gasteiger partial charge in [-0.3, -0.25) is 20.4 Å². The Bertz CT molecular complexity index is 864. The second-order valence-electron chi connectivity index (χ2n) is 5.02. The van der Waals surface area contributed by atoms with Crippen LogP contribution in [0.5, 0.6) is 11.5 Å². The Hall–Kier alpha value is -3.73. The molecule has 2 amide bonds. The van der Waals surface area contributed by atoms with Crippen LogP contribution in [-0.2, 0) is 4.79 Å². The van der Waals surface area contributed by atoms with Gasteiger partial charge in [-0.25, -0.2) is 0 Å². The van der Waals surface area contributed by atoms with Gasteiger partial charge < -0.3 is 13.9 Å². The second-order valence-corrected chi connectivity index (χ2v) is 5.02. The number of hydrogen-bond donors (Lipinski definition) is 2. The molecule has 0 radical (unpaired) electrons. The highest BCUT2D eigenvalue weighted by atomic mass is 16.5. The Morgan fingerprint density at radius 3 is 2.73 bits per heavy atom. The maximum atomic E-state index is 11.8. The first kappa shape index (κ1) is 18.6. The van der Waals surface area contributed by atoms with Crippen LogP contribution in [0, 0.1) is 18.3 Å². The van der Waals surface area contributed by atoms with Crippen molar-refractivity contribution in [3.8, 4) is 17.6 Å². The van der Waals surface area contributed by atoms with Gasteiger partial charge in [0.15, 0.2) is 18.1 Å². The highest BCUT2D eigenvalue weighted by Gasteiger charge is 2.11. The summed E-state index contributed by atoms with van der Waals surface area (Å²) < 4.78 is 15.4. The lowest BCUT2D eigenvalue weighted by molar-refractivity contribution is -0.117. The molecule has 1 aromatic carbocycles. The zero-order valence-electron chi connectivity index (χ0n) is 14.2. The van der Waals surface area contributed by atoms with Gasteiger partial charge >= 0.3 is 0 Å². The van der Waals surface area contributed by atoms with E-state index >= 15 is 0 Å². The van der Waals surface area contributed by atoms with E-state index in [1.807, 2.05) is 6.07 Å². The summed E-state index contributed by atoms with van der Waals surface area (Å²) in [6.07, 6.45) is 4.19. The number of rotatable bonds is 6. The van der Waals surface area contributed by atoms with Gasteiger partial charge in [-0.2, -0.15) is 5.26 Å². The number of ether oxygens (including phenoxy) is 2. The number of methoxy groups -OCH3 is 1. The maximum absolute atomic E-state index is 11.8. The lowest BCUT2D eigenvalue weighted by Gasteiger charge is -2.08. The van der Waals surface area contributed by atoms with Crippen molar-refractivity contribution in [1.29, 1.82) is 5.26 Å². The van der Waals surface area contributed by atoms with Gasteiger partial charge in [-0.15, -0.1) is 0 Å². The van der Waals surface area contributed by atoms with E-state index in [4.69, 9.17) is 19.2 Å². The van der Waals surface area contributed by atoms with E-state index in [0.29, 0.717) is 28.4 Å². The number of amides is 2. The number of nitrogens with zero attached hydrogens (tertiary/aromatic N) is 1. The Kier molecular flexibility index (Phi) is 6.40. The van der Waals surface area contributed by atoms with Crippen LogP contribution in [0.3, 0.4) is 0 Å². The van der Waals surface area contributed by atoms with E-state index in [0.717, 1.165) is 0 Å². The van der Waals surface area contributed by atoms with Crippen molar-refractivity contribution in [2.45, 2.75) is 6.92 Å². The van der Waals surface area contributed by atoms with Crippen molar-refractivity contribution in [2.75, 3.05) is 13.7 Å². The molecule has 26 heavy (non-hydrogen) atoms. The van der Waals surface area contributed by atoms with Crippen LogP contribution in [0.4, 0.5) is 0 Å². The van der Waals surface area contributed by atoms with E-state index in [1.54, 1.807) is 31.2 Å². The quantitative estimate of drug-likeness (QED) is 0.605. The largest absolute Gasteiger partial charge is 0.493 e. The van der Waals surface area contributed by atoms with Crippen molar-refractivity contribution in [3.63, 3.8) is 0 Å². The zero-order chi connectivity index (χ0) is 18.9. The molecule has 0 unspecified atom stereocenters. The Morgan fingerprint density at radius 2 is 2.08 bits per heavy atom. The highest BCUT2D eigenvalue weighted by molar-refractivity contribution is 5.98. The van der Waals surface area contributed by atoms with Crippen molar-refractivity contribution in [3.05, 3.63) is 53.5 Å². The number of aryl methyl sites for hydroxylation is 1. The number of hydrogen-bond acceptors (Lipinski definition) is 6. The van der Waals surface area contributed by atoms with Crippen molar-refractivity contribution < 1.29 is 23.5 Å². The topological polar surface area (TPSA) is 114 Å². The van der Waals surface area contributed by atoms with Crippen LogP contribution in [0.15, 0.2) is 41.0 Å². The summed E-state index contributed by atoms with van der Waals surface area (Å²) in [5.74, 6) is 0.338. The Morgan fingerprint density at radius 1 is 1.27 bits per heavy atom. The van der Waals surface area contributed by atoms with Crippen LogP contribution < -0.4 is 20.3 Å². The zero-order valence-corrected chi connectivity index (χ0v) is 14.2. The fourth-order valence-corrected chi connectivity index (χ4v) is 2.04. The predicted molar refractivity (Wildman–Crippen MR) is 92.2 cm³/mol. The minimum absolute atomic E-state index is 0.0935. The molecule has 0 atom stereocenters. The van der Waals surface area contributed by atoms with Crippen molar-refractivity contribution >= 4 is 17.9 Å². The third kappa shape index (κ3) is 4.88. The maximum Gasteiger partial charge on any atom is 0.273 e. The molecule has 0 aliphatic carbocycles. The second kappa shape index (κ2) is 8.94. The molecule has 8 heteroatoms. The average Bonchev–Trinajstić information content (AvgIpc) is 3.08. The molecular weight excluding hydrogens is 338 g/mol. The highest BCUT2D eigenvalue weighted by Crippen LogP contribution is 2.28. The molecule has 2 aromatic rings. The number of hydrazine groups is 1. The summed E-state index contributed by atoms with van der Waals surface area (Å²) in [6, 6.07) is 8.38. The Balaban J connectivity index is 1.94. The van der Waals surface area contributed by atoms with Crippen LogP contribution in [0.2, 0.25) is 0 Å². The third-order valence-corrected chi connectivity index (χ3v) is 3.31. The van der Waals surface area contributed by atoms with Crippen LogP contribution in [-0.4, -0.2) is 25.5 Å². The summed E-state index contributed by atoms with van der Waals surface area (Å²) >= 11 is 0. The molecule has 1 heterocycles. The van der Waals surface area contributed by atoms with Crippen molar-refractivity contribution in [1.82, 2.24) is 10.9 Å². The first-order valence-corrected chi connectivity index (χ1v) is 7.55. The standard InChI is InChI=1S/C18H17N3O5/c1-12-14(7-9-25-12)18(23)21-20-17(22)6-4-13-3-5-15(26-10-8-19)16(11-13)24-2/h3-7,9,11H,10H2,1-2H3,(H,20,22)(H,21,23)/b6-4+. The fourth-order valence-electron chi connectivity index (χ4n) is 2.04. The summed E-state index contributed by atoms with van der Waals surface area (Å²) in [4.78, 5) is 23.7. The van der Waals surface area contributed by atoms with Gasteiger partial charge in [-0.05, 0) is 36.8 Å². The summed E-state index contributed by atoms with van der Waals surface area (Å²) in [5, 5.41) is 8.55. The first-order valence-electron chi connectivity index (χ1n) is 7.55. The van der Waals surface area contributed by atoms with Gasteiger partial charge in [0, 0.05) is 6.08 Å². The lowest BCUT2D eigenvalue weighted by atomic mass is 10.2. The molecule has 0 saturated carbocycles. The number of benzene rings is 1. The molecular formula is C18H17N3O5. The Labute approximate surface area is 150 Å². The smallest absolute Gasteiger partial charge is 0.273 e. The minimum Gasteiger partial charge on any atom is -0.493 e. The van der Waals surface area contributed by atoms with E-state index in [-0.39, 0.29) is 6.61 Å². The van der Waals surface area contributed by atoms with Crippen LogP contribution in [0.1, 0.15) is 21.7 Å². The minimum atomic E-state index is -0.511. The summed E-state index contributed by atoms with van der Waals surface area (Å²) in [5.41, 5.74) is 5.59. The summed E-state index contributed by atoms with van der Waals surface area (Å²) in [6.45, 7) is 1.55. The molecule has 0 saturated heterocycles. The van der Waals surface area contributed by atoms with E-state index in [1.165, 1.54) is 25.5 Å². The van der Waals surface area contributed by atoms with Gasteiger partial charge in [0.25, 0.3) is 11.8 Å². The van der Waals surface area contributed by atoms with Gasteiger partial charge in [0.1, 0.15) is 11.8 Å². The predicted octanol–water partition coefficient (Wildman–Crippen LogP) is 1.97. The van der Waals surface area contributed by atoms with Crippen molar-refractivity contribution in [2.24, 2.45) is 0 Å². The monoisotopic (exact) mass is 355 g/mol. The van der Waals surface area contributed by atoms with Crippen LogP contribution in [0.25, 0.3) is 6.08 Å². The van der Waals surface area contributed by atoms with Gasteiger partial charge in [0.05, 0.1) is 18.9 Å². The lowest BCUT2D eigenvalue weighted by Crippen LogP contribution is -2.40. The molecule has 0 aliphatic heterocycles. The van der Waals surface area contributed by atoms with Gasteiger partial charge in [-0.1, -0.05) is 6.07 Å². The molecule has 0 spiro atoms. The van der Waals surface area contributed by atoms with E-state index in [9.17, 15) is 9.59 Å². The van der Waals surface area contributed by atoms with Crippen LogP contribution >= 0.6 is 0 Å². The molecule has 2 rings (SSSR count). The molecule has 0 aliphatic rings. The number of nitrogens with one attached hydrogen (secondary N) is 2. The number of carbonyl (C=O) groups is 2. The number of furan rings is 1. The molecule has 2 N–H and O–H groups in total. The fraction of sp³-hybridized carbons (Fsp3) is 0.167.